The molecule has 0 amide bonds. The average molecular weight is 186 g/mol. The van der Waals surface area contributed by atoms with Gasteiger partial charge in [-0.1, -0.05) is 26.2 Å². The van der Waals surface area contributed by atoms with Crippen LogP contribution < -0.4 is 0 Å². The summed E-state index contributed by atoms with van der Waals surface area (Å²) in [7, 11) is -1.07. The molecule has 0 atom stereocenters. The summed E-state index contributed by atoms with van der Waals surface area (Å²) >= 11 is 0. The van der Waals surface area contributed by atoms with Crippen molar-refractivity contribution in [3.8, 4) is 0 Å². The predicted octanol–water partition coefficient (Wildman–Crippen LogP) is 2.44. The third-order valence-electron chi connectivity index (χ3n) is 1.43. The predicted molar refractivity (Wildman–Crippen MR) is 53.9 cm³/mol. The molecule has 3 heteroatoms. The first-order valence-electron chi connectivity index (χ1n) is 4.15. The van der Waals surface area contributed by atoms with Gasteiger partial charge in [-0.2, -0.15) is 0 Å². The number of carbonyl (C=O) groups is 1. The summed E-state index contributed by atoms with van der Waals surface area (Å²) in [4.78, 5) is 10.9. The summed E-state index contributed by atoms with van der Waals surface area (Å²) in [5.41, 5.74) is 0.477. The minimum atomic E-state index is -1.07. The van der Waals surface area contributed by atoms with E-state index in [1.165, 1.54) is 0 Å². The minimum Gasteiger partial charge on any atom is -0.463 e. The fourth-order valence-corrected chi connectivity index (χ4v) is 1.29. The molecule has 12 heavy (non-hydrogen) atoms. The Labute approximate surface area is 75.6 Å². The number of hydrogen-bond acceptors (Lipinski definition) is 2. The van der Waals surface area contributed by atoms with Crippen LogP contribution in [0.2, 0.25) is 25.7 Å². The van der Waals surface area contributed by atoms with Crippen LogP contribution in [-0.4, -0.2) is 20.7 Å². The Bertz CT molecular complexity index is 179. The molecule has 0 heterocycles. The molecular formula is C9H18O2Si. The molecule has 0 aromatic carbocycles. The Kier molecular flexibility index (Phi) is 4.24. The van der Waals surface area contributed by atoms with Gasteiger partial charge in [-0.25, -0.2) is 4.79 Å². The smallest absolute Gasteiger partial charge is 0.333 e. The van der Waals surface area contributed by atoms with Crippen LogP contribution >= 0.6 is 0 Å². The standard InChI is InChI=1S/C9H18O2Si/c1-8(2)9(10)11-6-7-12(3,4)5/h1,6-7H2,2-5H3. The van der Waals surface area contributed by atoms with E-state index >= 15 is 0 Å². The van der Waals surface area contributed by atoms with Gasteiger partial charge in [0.05, 0.1) is 6.61 Å². The molecule has 0 fully saturated rings. The molecule has 0 aliphatic rings. The maximum Gasteiger partial charge on any atom is 0.333 e. The van der Waals surface area contributed by atoms with Crippen LogP contribution in [0.4, 0.5) is 0 Å². The molecule has 0 rings (SSSR count). The summed E-state index contributed by atoms with van der Waals surface area (Å²) in [5.74, 6) is -0.270. The third kappa shape index (κ3) is 6.16. The van der Waals surface area contributed by atoms with Crippen LogP contribution in [0.5, 0.6) is 0 Å². The molecule has 0 unspecified atom stereocenters. The summed E-state index contributed by atoms with van der Waals surface area (Å²) in [6, 6.07) is 1.02. The molecule has 0 spiro atoms. The first kappa shape index (κ1) is 11.4. The first-order valence-corrected chi connectivity index (χ1v) is 7.86. The van der Waals surface area contributed by atoms with Crippen LogP contribution in [0.25, 0.3) is 0 Å². The van der Waals surface area contributed by atoms with Crippen molar-refractivity contribution in [2.75, 3.05) is 6.61 Å². The quantitative estimate of drug-likeness (QED) is 0.383. The van der Waals surface area contributed by atoms with Crippen molar-refractivity contribution in [2.24, 2.45) is 0 Å². The van der Waals surface area contributed by atoms with E-state index in [0.29, 0.717) is 12.2 Å². The number of carbonyl (C=O) groups excluding carboxylic acids is 1. The average Bonchev–Trinajstić information content (AvgIpc) is 1.84. The van der Waals surface area contributed by atoms with Gasteiger partial charge >= 0.3 is 5.97 Å². The van der Waals surface area contributed by atoms with Gasteiger partial charge in [-0.05, 0) is 13.0 Å². The molecule has 0 radical (unpaired) electrons. The molecule has 0 aromatic heterocycles. The molecule has 0 aliphatic carbocycles. The van der Waals surface area contributed by atoms with E-state index in [-0.39, 0.29) is 5.97 Å². The summed E-state index contributed by atoms with van der Waals surface area (Å²) in [5, 5.41) is 0. The van der Waals surface area contributed by atoms with Crippen molar-refractivity contribution >= 4 is 14.0 Å². The maximum absolute atomic E-state index is 10.9. The highest BCUT2D eigenvalue weighted by Gasteiger charge is 2.13. The van der Waals surface area contributed by atoms with Gasteiger partial charge < -0.3 is 4.74 Å². The largest absolute Gasteiger partial charge is 0.463 e. The van der Waals surface area contributed by atoms with E-state index in [0.717, 1.165) is 6.04 Å². The van der Waals surface area contributed by atoms with Crippen LogP contribution in [0, 0.1) is 0 Å². The Hall–Kier alpha value is -0.573. The van der Waals surface area contributed by atoms with Crippen LogP contribution in [0.3, 0.4) is 0 Å². The molecule has 70 valence electrons. The van der Waals surface area contributed by atoms with Gasteiger partial charge in [-0.15, -0.1) is 0 Å². The zero-order valence-corrected chi connectivity index (χ0v) is 9.44. The second-order valence-electron chi connectivity index (χ2n) is 4.23. The lowest BCUT2D eigenvalue weighted by atomic mass is 10.4. The monoisotopic (exact) mass is 186 g/mol. The lowest BCUT2D eigenvalue weighted by molar-refractivity contribution is -0.138. The van der Waals surface area contributed by atoms with Gasteiger partial charge in [0.15, 0.2) is 0 Å². The highest BCUT2D eigenvalue weighted by molar-refractivity contribution is 6.76. The van der Waals surface area contributed by atoms with Gasteiger partial charge in [0.25, 0.3) is 0 Å². The van der Waals surface area contributed by atoms with Gasteiger partial charge in [0.1, 0.15) is 0 Å². The summed E-state index contributed by atoms with van der Waals surface area (Å²) < 4.78 is 4.98. The van der Waals surface area contributed by atoms with Crippen molar-refractivity contribution in [2.45, 2.75) is 32.6 Å². The van der Waals surface area contributed by atoms with Crippen molar-refractivity contribution in [1.29, 1.82) is 0 Å². The van der Waals surface area contributed by atoms with Crippen LogP contribution in [0.1, 0.15) is 6.92 Å². The SMILES string of the molecule is C=C(C)C(=O)OCC[Si](C)(C)C. The first-order chi connectivity index (χ1) is 5.33. The summed E-state index contributed by atoms with van der Waals surface area (Å²) in [6.07, 6.45) is 0. The van der Waals surface area contributed by atoms with Crippen molar-refractivity contribution in [3.05, 3.63) is 12.2 Å². The van der Waals surface area contributed by atoms with Crippen LogP contribution in [-0.2, 0) is 9.53 Å². The van der Waals surface area contributed by atoms with E-state index in [9.17, 15) is 4.79 Å². The van der Waals surface area contributed by atoms with Crippen molar-refractivity contribution in [1.82, 2.24) is 0 Å². The molecule has 0 N–H and O–H groups in total. The second kappa shape index (κ2) is 4.45. The number of hydrogen-bond donors (Lipinski definition) is 0. The Balaban J connectivity index is 3.58. The van der Waals surface area contributed by atoms with Gasteiger partial charge in [-0.3, -0.25) is 0 Å². The zero-order chi connectivity index (χ0) is 9.78. The molecule has 0 saturated heterocycles. The number of ether oxygens (including phenoxy) is 1. The van der Waals surface area contributed by atoms with Crippen molar-refractivity contribution in [3.63, 3.8) is 0 Å². The Morgan fingerprint density at radius 2 is 1.92 bits per heavy atom. The maximum atomic E-state index is 10.9. The van der Waals surface area contributed by atoms with E-state index in [4.69, 9.17) is 4.74 Å². The Morgan fingerprint density at radius 1 is 1.42 bits per heavy atom. The highest BCUT2D eigenvalue weighted by atomic mass is 28.3. The van der Waals surface area contributed by atoms with E-state index < -0.39 is 8.07 Å². The zero-order valence-electron chi connectivity index (χ0n) is 8.44. The molecule has 0 aromatic rings. The molecule has 2 nitrogen and oxygen atoms in total. The normalized spacial score (nSPS) is 11.0. The summed E-state index contributed by atoms with van der Waals surface area (Å²) in [6.45, 7) is 12.5. The number of rotatable bonds is 4. The van der Waals surface area contributed by atoms with E-state index in [1.54, 1.807) is 6.92 Å². The second-order valence-corrected chi connectivity index (χ2v) is 9.85. The van der Waals surface area contributed by atoms with Crippen molar-refractivity contribution < 1.29 is 9.53 Å². The van der Waals surface area contributed by atoms with E-state index in [2.05, 4.69) is 26.2 Å². The lowest BCUT2D eigenvalue weighted by Gasteiger charge is -2.15. The number of esters is 1. The molecule has 0 bridgehead atoms. The van der Waals surface area contributed by atoms with E-state index in [1.807, 2.05) is 0 Å². The minimum absolute atomic E-state index is 0.270. The third-order valence-corrected chi connectivity index (χ3v) is 3.14. The van der Waals surface area contributed by atoms with Crippen LogP contribution in [0.15, 0.2) is 12.2 Å². The molecular weight excluding hydrogens is 168 g/mol. The Morgan fingerprint density at radius 3 is 2.25 bits per heavy atom. The molecule has 0 saturated carbocycles. The van der Waals surface area contributed by atoms with Gasteiger partial charge in [0.2, 0.25) is 0 Å². The fourth-order valence-electron chi connectivity index (χ4n) is 0.573. The fraction of sp³-hybridized carbons (Fsp3) is 0.667. The highest BCUT2D eigenvalue weighted by Crippen LogP contribution is 2.08. The lowest BCUT2D eigenvalue weighted by Crippen LogP contribution is -2.22. The van der Waals surface area contributed by atoms with Gasteiger partial charge in [0, 0.05) is 13.6 Å². The topological polar surface area (TPSA) is 26.3 Å². The molecule has 0 aliphatic heterocycles.